The van der Waals surface area contributed by atoms with Crippen LogP contribution in [0.5, 0.6) is 23.0 Å². The fourth-order valence-corrected chi connectivity index (χ4v) is 6.36. The number of Topliss-reactive ketones (excluding diaryl/α,β-unsaturated/α-hetero) is 1. The van der Waals surface area contributed by atoms with Crippen LogP contribution < -0.4 is 23.8 Å². The summed E-state index contributed by atoms with van der Waals surface area (Å²) in [4.78, 5) is 34.2. The molecule has 0 fully saturated rings. The van der Waals surface area contributed by atoms with Crippen LogP contribution in [-0.2, 0) is 4.79 Å². The number of rotatable bonds is 12. The number of aliphatic hydroxyl groups excluding tert-OH is 1. The fraction of sp³-hybridized carbons (Fsp3) is 0.265. The molecule has 6 rings (SSSR count). The van der Waals surface area contributed by atoms with Gasteiger partial charge >= 0.3 is 0 Å². The van der Waals surface area contributed by atoms with E-state index in [0.717, 1.165) is 11.1 Å². The molecule has 3 aromatic carbocycles. The van der Waals surface area contributed by atoms with Gasteiger partial charge in [-0.25, -0.2) is 4.98 Å². The van der Waals surface area contributed by atoms with Crippen molar-refractivity contribution in [2.75, 3.05) is 31.8 Å². The standard InChI is InChI=1S/C34H32N2O8S/c1-5-15-43-23-14-11-19(16-25(23)42-7-3)29-28(30(37)26-17-20-9-8-10-24(40-4)32(20)44-26)31(38)33(39)36(29)34-35-22-13-12-21(41-6-2)18-27(22)45-34/h8-14,16-18,29,38H,5-7,15H2,1-4H3. The molecule has 2 aromatic heterocycles. The van der Waals surface area contributed by atoms with E-state index in [4.69, 9.17) is 28.3 Å². The molecule has 10 nitrogen and oxygen atoms in total. The van der Waals surface area contributed by atoms with E-state index in [-0.39, 0.29) is 11.3 Å². The van der Waals surface area contributed by atoms with E-state index < -0.39 is 23.5 Å². The van der Waals surface area contributed by atoms with Gasteiger partial charge in [-0.1, -0.05) is 36.5 Å². The van der Waals surface area contributed by atoms with E-state index in [1.807, 2.05) is 39.0 Å². The van der Waals surface area contributed by atoms with Crippen molar-refractivity contribution >= 4 is 49.3 Å². The number of benzene rings is 3. The number of para-hydroxylation sites is 1. The molecule has 1 atom stereocenters. The number of aromatic nitrogens is 1. The highest BCUT2D eigenvalue weighted by Crippen LogP contribution is 2.46. The van der Waals surface area contributed by atoms with Gasteiger partial charge in [0.15, 0.2) is 39.5 Å². The Hall–Kier alpha value is -5.03. The first-order valence-corrected chi connectivity index (χ1v) is 15.5. The summed E-state index contributed by atoms with van der Waals surface area (Å²) in [5.74, 6) is -0.0207. The number of methoxy groups -OCH3 is 1. The van der Waals surface area contributed by atoms with Gasteiger partial charge < -0.3 is 28.5 Å². The van der Waals surface area contributed by atoms with Crippen molar-refractivity contribution in [1.82, 2.24) is 4.98 Å². The Morgan fingerprint density at radius 1 is 0.978 bits per heavy atom. The van der Waals surface area contributed by atoms with Gasteiger partial charge in [0, 0.05) is 5.39 Å². The third-order valence-electron chi connectivity index (χ3n) is 7.32. The molecule has 1 aliphatic heterocycles. The molecule has 5 aromatic rings. The summed E-state index contributed by atoms with van der Waals surface area (Å²) < 4.78 is 29.6. The second kappa shape index (κ2) is 12.5. The lowest BCUT2D eigenvalue weighted by Gasteiger charge is -2.25. The maximum absolute atomic E-state index is 14.2. The number of furan rings is 1. The fourth-order valence-electron chi connectivity index (χ4n) is 5.34. The van der Waals surface area contributed by atoms with Gasteiger partial charge in [-0.05, 0) is 68.3 Å². The molecule has 1 amide bonds. The van der Waals surface area contributed by atoms with Crippen molar-refractivity contribution in [3.05, 3.63) is 83.3 Å². The maximum Gasteiger partial charge on any atom is 0.296 e. The van der Waals surface area contributed by atoms with Gasteiger partial charge in [-0.3, -0.25) is 14.5 Å². The maximum atomic E-state index is 14.2. The smallest absolute Gasteiger partial charge is 0.296 e. The topological polar surface area (TPSA) is 121 Å². The Morgan fingerprint density at radius 2 is 1.80 bits per heavy atom. The molecular weight excluding hydrogens is 596 g/mol. The van der Waals surface area contributed by atoms with Gasteiger partial charge in [0.1, 0.15) is 5.75 Å². The lowest BCUT2D eigenvalue weighted by atomic mass is 9.95. The van der Waals surface area contributed by atoms with E-state index in [1.54, 1.807) is 42.5 Å². The molecule has 0 saturated heterocycles. The van der Waals surface area contributed by atoms with Gasteiger partial charge in [0.25, 0.3) is 5.91 Å². The lowest BCUT2D eigenvalue weighted by Crippen LogP contribution is -2.31. The van der Waals surface area contributed by atoms with E-state index >= 15 is 0 Å². The van der Waals surface area contributed by atoms with Crippen molar-refractivity contribution in [1.29, 1.82) is 0 Å². The molecule has 0 radical (unpaired) electrons. The van der Waals surface area contributed by atoms with E-state index in [9.17, 15) is 14.7 Å². The van der Waals surface area contributed by atoms with Crippen LogP contribution in [0.2, 0.25) is 0 Å². The highest BCUT2D eigenvalue weighted by Gasteiger charge is 2.47. The SMILES string of the molecule is CCCOc1ccc(C2C(C(=O)c3cc4cccc(OC)c4o3)=C(O)C(=O)N2c2nc3ccc(OCC)cc3s2)cc1OCC. The number of fused-ring (bicyclic) bond motifs is 2. The highest BCUT2D eigenvalue weighted by atomic mass is 32.1. The van der Waals surface area contributed by atoms with Gasteiger partial charge in [-0.15, -0.1) is 0 Å². The lowest BCUT2D eigenvalue weighted by molar-refractivity contribution is -0.117. The number of hydrogen-bond donors (Lipinski definition) is 1. The van der Waals surface area contributed by atoms with E-state index in [1.165, 1.54) is 23.3 Å². The second-order valence-electron chi connectivity index (χ2n) is 10.2. The highest BCUT2D eigenvalue weighted by molar-refractivity contribution is 7.22. The van der Waals surface area contributed by atoms with E-state index in [2.05, 4.69) is 0 Å². The molecule has 1 aliphatic rings. The van der Waals surface area contributed by atoms with Crippen LogP contribution in [0.3, 0.4) is 0 Å². The van der Waals surface area contributed by atoms with Gasteiger partial charge in [-0.2, -0.15) is 0 Å². The average molecular weight is 629 g/mol. The number of aliphatic hydroxyl groups is 1. The zero-order valence-corrected chi connectivity index (χ0v) is 26.1. The number of anilines is 1. The normalized spacial score (nSPS) is 14.9. The summed E-state index contributed by atoms with van der Waals surface area (Å²) >= 11 is 1.25. The second-order valence-corrected chi connectivity index (χ2v) is 11.2. The molecule has 0 saturated carbocycles. The largest absolute Gasteiger partial charge is 0.503 e. The predicted octanol–water partition coefficient (Wildman–Crippen LogP) is 7.42. The third kappa shape index (κ3) is 5.44. The number of thiazole rings is 1. The Labute approximate surface area is 263 Å². The van der Waals surface area contributed by atoms with Crippen molar-refractivity contribution in [3.8, 4) is 23.0 Å². The Kier molecular flexibility index (Phi) is 8.36. The Bertz CT molecular complexity index is 1940. The molecule has 0 bridgehead atoms. The molecule has 45 heavy (non-hydrogen) atoms. The summed E-state index contributed by atoms with van der Waals surface area (Å²) in [5, 5.41) is 12.3. The summed E-state index contributed by atoms with van der Waals surface area (Å²) in [6.07, 6.45) is 0.804. The van der Waals surface area contributed by atoms with Crippen LogP contribution in [0.1, 0.15) is 49.4 Å². The molecule has 3 heterocycles. The number of carbonyl (C=O) groups is 2. The molecule has 1 N–H and O–H groups in total. The van der Waals surface area contributed by atoms with Gasteiger partial charge in [0.05, 0.1) is 48.8 Å². The van der Waals surface area contributed by atoms with Crippen LogP contribution in [0, 0.1) is 0 Å². The van der Waals surface area contributed by atoms with Crippen molar-refractivity contribution < 1.29 is 38.1 Å². The van der Waals surface area contributed by atoms with Crippen molar-refractivity contribution in [2.24, 2.45) is 0 Å². The summed E-state index contributed by atoms with van der Waals surface area (Å²) in [6.45, 7) is 7.12. The minimum absolute atomic E-state index is 0.0470. The Morgan fingerprint density at radius 3 is 2.56 bits per heavy atom. The summed E-state index contributed by atoms with van der Waals surface area (Å²) in [7, 11) is 1.51. The molecule has 232 valence electrons. The first-order chi connectivity index (χ1) is 21.9. The quantitative estimate of drug-likeness (QED) is 0.141. The van der Waals surface area contributed by atoms with Gasteiger partial charge in [0.2, 0.25) is 5.78 Å². The van der Waals surface area contributed by atoms with Crippen LogP contribution in [-0.4, -0.2) is 48.7 Å². The number of ketones is 1. The summed E-state index contributed by atoms with van der Waals surface area (Å²) in [6, 6.07) is 16.5. The number of amides is 1. The molecule has 0 spiro atoms. The third-order valence-corrected chi connectivity index (χ3v) is 8.33. The zero-order valence-electron chi connectivity index (χ0n) is 25.3. The monoisotopic (exact) mass is 628 g/mol. The minimum Gasteiger partial charge on any atom is -0.503 e. The van der Waals surface area contributed by atoms with Crippen LogP contribution in [0.4, 0.5) is 5.13 Å². The number of ether oxygens (including phenoxy) is 4. The zero-order chi connectivity index (χ0) is 31.7. The first kappa shape index (κ1) is 30.0. The molecule has 0 aliphatic carbocycles. The molecular formula is C34H32N2O8S. The number of carbonyl (C=O) groups excluding carboxylic acids is 2. The van der Waals surface area contributed by atoms with E-state index in [0.29, 0.717) is 70.0 Å². The first-order valence-electron chi connectivity index (χ1n) is 14.7. The van der Waals surface area contributed by atoms with Crippen LogP contribution in [0.25, 0.3) is 21.2 Å². The summed E-state index contributed by atoms with van der Waals surface area (Å²) in [5.41, 5.74) is 1.41. The predicted molar refractivity (Wildman–Crippen MR) is 171 cm³/mol. The average Bonchev–Trinajstić information content (AvgIpc) is 3.74. The van der Waals surface area contributed by atoms with Crippen LogP contribution in [0.15, 0.2) is 76.4 Å². The van der Waals surface area contributed by atoms with Crippen LogP contribution >= 0.6 is 11.3 Å². The number of hydrogen-bond acceptors (Lipinski definition) is 10. The number of nitrogens with zero attached hydrogens (tertiary/aromatic N) is 2. The Balaban J connectivity index is 1.50. The van der Waals surface area contributed by atoms with Crippen molar-refractivity contribution in [3.63, 3.8) is 0 Å². The minimum atomic E-state index is -1.05. The molecule has 11 heteroatoms. The molecule has 1 unspecified atom stereocenters. The van der Waals surface area contributed by atoms with Crippen molar-refractivity contribution in [2.45, 2.75) is 33.2 Å².